The zero-order valence-electron chi connectivity index (χ0n) is 16.7. The smallest absolute Gasteiger partial charge is 0.230 e. The number of amides is 2. The van der Waals surface area contributed by atoms with Gasteiger partial charge in [-0.3, -0.25) is 9.59 Å². The van der Waals surface area contributed by atoms with E-state index in [1.807, 2.05) is 22.0 Å². The number of nitrogens with zero attached hydrogens (tertiary/aromatic N) is 2. The number of fused-ring (bicyclic) bond motifs is 1. The predicted molar refractivity (Wildman–Crippen MR) is 105 cm³/mol. The Labute approximate surface area is 166 Å². The topological polar surface area (TPSA) is 49.9 Å². The van der Waals surface area contributed by atoms with Crippen LogP contribution in [-0.4, -0.2) is 53.0 Å². The molecule has 148 valence electrons. The molecule has 1 aromatic carbocycles. The van der Waals surface area contributed by atoms with E-state index < -0.39 is 5.60 Å². The Bertz CT molecular complexity index is 857. The molecule has 5 rings (SSSR count). The number of likely N-dealkylation sites (tertiary alicyclic amines) is 2. The van der Waals surface area contributed by atoms with Crippen molar-refractivity contribution in [2.24, 2.45) is 11.8 Å². The maximum absolute atomic E-state index is 13.4. The first-order valence-corrected chi connectivity index (χ1v) is 10.5. The molecular formula is C23H28N2O3. The quantitative estimate of drug-likeness (QED) is 0.758. The molecule has 28 heavy (non-hydrogen) atoms. The van der Waals surface area contributed by atoms with E-state index in [2.05, 4.69) is 32.0 Å². The number of carbonyl (C=O) groups excluding carboxylic acids is 2. The molecule has 0 aliphatic carbocycles. The monoisotopic (exact) mass is 380 g/mol. The molecule has 0 aromatic heterocycles. The van der Waals surface area contributed by atoms with Gasteiger partial charge in [-0.25, -0.2) is 0 Å². The van der Waals surface area contributed by atoms with E-state index in [0.29, 0.717) is 13.1 Å². The van der Waals surface area contributed by atoms with Crippen molar-refractivity contribution < 1.29 is 14.3 Å². The van der Waals surface area contributed by atoms with Crippen molar-refractivity contribution in [1.29, 1.82) is 0 Å². The molecule has 2 bridgehead atoms. The van der Waals surface area contributed by atoms with Gasteiger partial charge in [-0.1, -0.05) is 30.4 Å². The van der Waals surface area contributed by atoms with Gasteiger partial charge >= 0.3 is 0 Å². The van der Waals surface area contributed by atoms with Crippen molar-refractivity contribution in [3.8, 4) is 0 Å². The third-order valence-electron chi connectivity index (χ3n) is 7.08. The Kier molecular flexibility index (Phi) is 4.13. The summed E-state index contributed by atoms with van der Waals surface area (Å²) >= 11 is 0. The van der Waals surface area contributed by atoms with Gasteiger partial charge < -0.3 is 14.5 Å². The summed E-state index contributed by atoms with van der Waals surface area (Å²) in [5, 5.41) is 0. The first-order valence-electron chi connectivity index (χ1n) is 10.5. The van der Waals surface area contributed by atoms with Crippen LogP contribution in [0.4, 0.5) is 0 Å². The van der Waals surface area contributed by atoms with E-state index in [-0.39, 0.29) is 29.8 Å². The molecule has 4 atom stereocenters. The van der Waals surface area contributed by atoms with Crippen LogP contribution in [0.1, 0.15) is 36.0 Å². The Morgan fingerprint density at radius 3 is 2.71 bits per heavy atom. The van der Waals surface area contributed by atoms with Crippen LogP contribution in [0.15, 0.2) is 30.4 Å². The molecule has 2 amide bonds. The van der Waals surface area contributed by atoms with Crippen LogP contribution in [0.25, 0.3) is 0 Å². The largest absolute Gasteiger partial charge is 0.360 e. The fourth-order valence-electron chi connectivity index (χ4n) is 5.44. The molecule has 4 aliphatic heterocycles. The van der Waals surface area contributed by atoms with Gasteiger partial charge in [0.05, 0.1) is 24.5 Å². The van der Waals surface area contributed by atoms with E-state index >= 15 is 0 Å². The van der Waals surface area contributed by atoms with Crippen LogP contribution in [0, 0.1) is 25.7 Å². The van der Waals surface area contributed by atoms with E-state index in [1.54, 1.807) is 0 Å². The number of aryl methyl sites for hydroxylation is 2. The number of hydrogen-bond donors (Lipinski definition) is 0. The number of rotatable bonds is 3. The van der Waals surface area contributed by atoms with Crippen molar-refractivity contribution >= 4 is 11.8 Å². The summed E-state index contributed by atoms with van der Waals surface area (Å²) in [6.45, 7) is 6.93. The van der Waals surface area contributed by atoms with E-state index in [1.165, 1.54) is 17.5 Å². The second-order valence-corrected chi connectivity index (χ2v) is 8.90. The SMILES string of the molecule is Cc1ccc(CN2C[C@]34C=C[C@H](O3)[C@H](C(=O)N3CCCCC3)[C@H]4C2=O)cc1C. The van der Waals surface area contributed by atoms with Crippen molar-refractivity contribution in [1.82, 2.24) is 9.80 Å². The minimum Gasteiger partial charge on any atom is -0.360 e. The molecule has 3 fully saturated rings. The van der Waals surface area contributed by atoms with Gasteiger partial charge in [-0.15, -0.1) is 0 Å². The van der Waals surface area contributed by atoms with E-state index in [0.717, 1.165) is 31.5 Å². The minimum atomic E-state index is -0.613. The zero-order valence-corrected chi connectivity index (χ0v) is 16.7. The summed E-state index contributed by atoms with van der Waals surface area (Å²) in [6.07, 6.45) is 7.11. The lowest BCUT2D eigenvalue weighted by Gasteiger charge is -2.32. The maximum atomic E-state index is 13.4. The zero-order chi connectivity index (χ0) is 19.5. The van der Waals surface area contributed by atoms with Crippen LogP contribution >= 0.6 is 0 Å². The molecule has 0 N–H and O–H groups in total. The number of piperidine rings is 1. The molecule has 5 heteroatoms. The van der Waals surface area contributed by atoms with Crippen LogP contribution in [0.3, 0.4) is 0 Å². The van der Waals surface area contributed by atoms with Crippen molar-refractivity contribution in [3.05, 3.63) is 47.0 Å². The lowest BCUT2D eigenvalue weighted by Crippen LogP contribution is -2.47. The molecule has 5 nitrogen and oxygen atoms in total. The van der Waals surface area contributed by atoms with Crippen LogP contribution in [-0.2, 0) is 20.9 Å². The number of hydrogen-bond acceptors (Lipinski definition) is 3. The number of carbonyl (C=O) groups is 2. The summed E-state index contributed by atoms with van der Waals surface area (Å²) in [4.78, 5) is 30.5. The minimum absolute atomic E-state index is 0.0698. The molecule has 0 saturated carbocycles. The highest BCUT2D eigenvalue weighted by atomic mass is 16.5. The highest BCUT2D eigenvalue weighted by Gasteiger charge is 2.67. The second kappa shape index (κ2) is 6.45. The molecule has 0 unspecified atom stereocenters. The molecular weight excluding hydrogens is 352 g/mol. The van der Waals surface area contributed by atoms with Gasteiger partial charge in [0, 0.05) is 19.6 Å². The fraction of sp³-hybridized carbons (Fsp3) is 0.565. The van der Waals surface area contributed by atoms with Crippen LogP contribution < -0.4 is 0 Å². The fourth-order valence-corrected chi connectivity index (χ4v) is 5.44. The van der Waals surface area contributed by atoms with Gasteiger partial charge in [0.1, 0.15) is 5.60 Å². The van der Waals surface area contributed by atoms with E-state index in [4.69, 9.17) is 4.74 Å². The summed E-state index contributed by atoms with van der Waals surface area (Å²) in [7, 11) is 0. The van der Waals surface area contributed by atoms with Crippen molar-refractivity contribution in [2.75, 3.05) is 19.6 Å². The highest BCUT2D eigenvalue weighted by molar-refractivity contribution is 5.93. The molecule has 4 heterocycles. The maximum Gasteiger partial charge on any atom is 0.230 e. The summed E-state index contributed by atoms with van der Waals surface area (Å²) in [6, 6.07) is 6.35. The first-order chi connectivity index (χ1) is 13.5. The normalized spacial score (nSPS) is 33.6. The summed E-state index contributed by atoms with van der Waals surface area (Å²) in [5.41, 5.74) is 3.00. The van der Waals surface area contributed by atoms with Gasteiger partial charge in [0.25, 0.3) is 0 Å². The van der Waals surface area contributed by atoms with Gasteiger partial charge in [0.2, 0.25) is 11.8 Å². The molecule has 1 aromatic rings. The Balaban J connectivity index is 1.39. The molecule has 1 spiro atoms. The molecule has 3 saturated heterocycles. The second-order valence-electron chi connectivity index (χ2n) is 8.90. The van der Waals surface area contributed by atoms with Crippen LogP contribution in [0.2, 0.25) is 0 Å². The standard InChI is InChI=1S/C23H28N2O3/c1-15-6-7-17(12-16(15)2)13-25-14-23-9-8-18(28-23)19(20(23)22(25)27)21(26)24-10-4-3-5-11-24/h6-9,12,18-20H,3-5,10-11,13-14H2,1-2H3/t18-,19-,20-,23-/m0/s1. The van der Waals surface area contributed by atoms with Crippen molar-refractivity contribution in [2.45, 2.75) is 51.4 Å². The average Bonchev–Trinajstić information content (AvgIpc) is 3.33. The Morgan fingerprint density at radius 1 is 1.18 bits per heavy atom. The summed E-state index contributed by atoms with van der Waals surface area (Å²) in [5.74, 6) is -0.549. The van der Waals surface area contributed by atoms with Crippen LogP contribution in [0.5, 0.6) is 0 Å². The third kappa shape index (κ3) is 2.63. The number of ether oxygens (including phenoxy) is 1. The van der Waals surface area contributed by atoms with Gasteiger partial charge in [-0.05, 0) is 49.8 Å². The average molecular weight is 380 g/mol. The predicted octanol–water partition coefficient (Wildman–Crippen LogP) is 2.60. The third-order valence-corrected chi connectivity index (χ3v) is 7.08. The van der Waals surface area contributed by atoms with Gasteiger partial charge in [-0.2, -0.15) is 0 Å². The lowest BCUT2D eigenvalue weighted by atomic mass is 9.76. The number of benzene rings is 1. The van der Waals surface area contributed by atoms with Gasteiger partial charge in [0.15, 0.2) is 0 Å². The van der Waals surface area contributed by atoms with E-state index in [9.17, 15) is 9.59 Å². The highest BCUT2D eigenvalue weighted by Crippen LogP contribution is 2.52. The molecule has 4 aliphatic rings. The lowest BCUT2D eigenvalue weighted by molar-refractivity contribution is -0.144. The van der Waals surface area contributed by atoms with Crippen molar-refractivity contribution in [3.63, 3.8) is 0 Å². The first kappa shape index (κ1) is 17.9. The molecule has 0 radical (unpaired) electrons. The Morgan fingerprint density at radius 2 is 1.96 bits per heavy atom. The summed E-state index contributed by atoms with van der Waals surface area (Å²) < 4.78 is 6.27. The Hall–Kier alpha value is -2.14.